The second-order valence-electron chi connectivity index (χ2n) is 10.9. The van der Waals surface area contributed by atoms with Gasteiger partial charge in [0.15, 0.2) is 0 Å². The van der Waals surface area contributed by atoms with Crippen LogP contribution in [0.2, 0.25) is 0 Å². The SMILES string of the molecule is CCCCN1C=NC(CC(C)C)(OC(=O)OC)C1C1CCC(C(c2cccc(F)c2)N(C)C)CC1. The van der Waals surface area contributed by atoms with Gasteiger partial charge in [-0.2, -0.15) is 0 Å². The molecule has 0 N–H and O–H groups in total. The average Bonchev–Trinajstić information content (AvgIpc) is 3.14. The van der Waals surface area contributed by atoms with Gasteiger partial charge in [0.25, 0.3) is 0 Å². The number of hydrogen-bond donors (Lipinski definition) is 0. The Morgan fingerprint density at radius 1 is 1.26 bits per heavy atom. The van der Waals surface area contributed by atoms with E-state index in [4.69, 9.17) is 14.5 Å². The molecule has 0 bridgehead atoms. The molecule has 7 heteroatoms. The third kappa shape index (κ3) is 6.54. The van der Waals surface area contributed by atoms with Crippen LogP contribution in [0.5, 0.6) is 0 Å². The molecule has 1 fully saturated rings. The molecule has 35 heavy (non-hydrogen) atoms. The Balaban J connectivity index is 1.83. The molecule has 2 aliphatic rings. The van der Waals surface area contributed by atoms with Gasteiger partial charge in [0, 0.05) is 19.0 Å². The van der Waals surface area contributed by atoms with E-state index < -0.39 is 11.9 Å². The van der Waals surface area contributed by atoms with Gasteiger partial charge in [0.05, 0.1) is 19.5 Å². The largest absolute Gasteiger partial charge is 0.510 e. The van der Waals surface area contributed by atoms with Gasteiger partial charge in [-0.05, 0) is 81.6 Å². The molecule has 3 unspecified atom stereocenters. The van der Waals surface area contributed by atoms with Gasteiger partial charge in [-0.1, -0.05) is 39.3 Å². The minimum Gasteiger partial charge on any atom is -0.438 e. The number of nitrogens with zero attached hydrogens (tertiary/aromatic N) is 3. The summed E-state index contributed by atoms with van der Waals surface area (Å²) in [6.07, 6.45) is 8.18. The lowest BCUT2D eigenvalue weighted by molar-refractivity contribution is -0.0816. The zero-order chi connectivity index (χ0) is 25.6. The number of unbranched alkanes of at least 4 members (excludes halogenated alkanes) is 1. The summed E-state index contributed by atoms with van der Waals surface area (Å²) in [5.74, 6) is 0.920. The Morgan fingerprint density at radius 3 is 2.54 bits per heavy atom. The average molecular weight is 490 g/mol. The van der Waals surface area contributed by atoms with Gasteiger partial charge in [0.1, 0.15) is 5.82 Å². The van der Waals surface area contributed by atoms with Crippen molar-refractivity contribution in [3.05, 3.63) is 35.6 Å². The molecular formula is C28H44FN3O3. The zero-order valence-corrected chi connectivity index (χ0v) is 22.4. The Bertz CT molecular complexity index is 854. The molecule has 0 aromatic heterocycles. The number of methoxy groups -OCH3 is 1. The summed E-state index contributed by atoms with van der Waals surface area (Å²) >= 11 is 0. The lowest BCUT2D eigenvalue weighted by Crippen LogP contribution is -2.54. The molecule has 6 nitrogen and oxygen atoms in total. The van der Waals surface area contributed by atoms with Crippen LogP contribution in [-0.2, 0) is 9.47 Å². The third-order valence-corrected chi connectivity index (χ3v) is 7.60. The predicted molar refractivity (Wildman–Crippen MR) is 138 cm³/mol. The highest BCUT2D eigenvalue weighted by Gasteiger charge is 2.53. The first-order chi connectivity index (χ1) is 16.7. The first kappa shape index (κ1) is 27.4. The molecule has 1 aromatic carbocycles. The molecule has 1 aliphatic heterocycles. The topological polar surface area (TPSA) is 54.4 Å². The maximum atomic E-state index is 14.0. The second-order valence-corrected chi connectivity index (χ2v) is 10.9. The van der Waals surface area contributed by atoms with Crippen LogP contribution in [0, 0.1) is 23.6 Å². The molecule has 3 atom stereocenters. The number of benzene rings is 1. The van der Waals surface area contributed by atoms with Crippen molar-refractivity contribution in [1.82, 2.24) is 9.80 Å². The van der Waals surface area contributed by atoms with Crippen LogP contribution in [0.3, 0.4) is 0 Å². The second kappa shape index (κ2) is 12.2. The standard InChI is InChI=1S/C28H44FN3O3/c1-7-8-16-32-19-30-28(18-20(2)3,35-27(33)34-6)26(32)22-14-12-21(13-15-22)25(31(4)5)23-10-9-11-24(29)17-23/h9-11,17,19-22,25-26H,7-8,12-16,18H2,1-6H3. The Labute approximate surface area is 210 Å². The van der Waals surface area contributed by atoms with Gasteiger partial charge in [-0.15, -0.1) is 0 Å². The van der Waals surface area contributed by atoms with E-state index >= 15 is 0 Å². The maximum absolute atomic E-state index is 14.0. The van der Waals surface area contributed by atoms with Crippen LogP contribution in [0.15, 0.2) is 29.3 Å². The van der Waals surface area contributed by atoms with Gasteiger partial charge >= 0.3 is 6.16 Å². The van der Waals surface area contributed by atoms with Crippen LogP contribution < -0.4 is 0 Å². The number of carbonyl (C=O) groups is 1. The van der Waals surface area contributed by atoms with E-state index in [0.717, 1.165) is 50.6 Å². The van der Waals surface area contributed by atoms with Crippen LogP contribution in [0.4, 0.5) is 9.18 Å². The molecule has 0 radical (unpaired) electrons. The van der Waals surface area contributed by atoms with Gasteiger partial charge in [-0.3, -0.25) is 0 Å². The van der Waals surface area contributed by atoms with Crippen molar-refractivity contribution in [1.29, 1.82) is 0 Å². The molecule has 0 spiro atoms. The van der Waals surface area contributed by atoms with Crippen LogP contribution in [0.1, 0.15) is 77.3 Å². The third-order valence-electron chi connectivity index (χ3n) is 7.60. The number of aliphatic imine (C=N–C) groups is 1. The molecule has 3 rings (SSSR count). The number of carbonyl (C=O) groups excluding carboxylic acids is 1. The predicted octanol–water partition coefficient (Wildman–Crippen LogP) is 6.27. The van der Waals surface area contributed by atoms with E-state index in [9.17, 15) is 9.18 Å². The lowest BCUT2D eigenvalue weighted by Gasteiger charge is -2.45. The number of rotatable bonds is 10. The highest BCUT2D eigenvalue weighted by atomic mass is 19.1. The van der Waals surface area contributed by atoms with E-state index in [1.165, 1.54) is 13.2 Å². The molecule has 1 heterocycles. The summed E-state index contributed by atoms with van der Waals surface area (Å²) in [7, 11) is 5.51. The molecule has 0 amide bonds. The first-order valence-electron chi connectivity index (χ1n) is 13.2. The minimum absolute atomic E-state index is 0.00322. The van der Waals surface area contributed by atoms with Gasteiger partial charge in [0.2, 0.25) is 5.72 Å². The number of hydrogen-bond acceptors (Lipinski definition) is 6. The minimum atomic E-state index is -0.921. The lowest BCUT2D eigenvalue weighted by atomic mass is 9.71. The fourth-order valence-electron chi connectivity index (χ4n) is 6.29. The monoisotopic (exact) mass is 489 g/mol. The van der Waals surface area contributed by atoms with Crippen molar-refractivity contribution in [2.24, 2.45) is 22.7 Å². The normalized spacial score (nSPS) is 27.5. The Morgan fingerprint density at radius 2 is 1.97 bits per heavy atom. The van der Waals surface area contributed by atoms with Crippen molar-refractivity contribution >= 4 is 12.5 Å². The fourth-order valence-corrected chi connectivity index (χ4v) is 6.29. The summed E-state index contributed by atoms with van der Waals surface area (Å²) in [6.45, 7) is 7.37. The summed E-state index contributed by atoms with van der Waals surface area (Å²) in [6, 6.07) is 7.20. The number of halogens is 1. The fraction of sp³-hybridized carbons (Fsp3) is 0.714. The van der Waals surface area contributed by atoms with E-state index in [2.05, 4.69) is 44.7 Å². The zero-order valence-electron chi connectivity index (χ0n) is 22.4. The van der Waals surface area contributed by atoms with Gasteiger partial charge < -0.3 is 19.3 Å². The Hall–Kier alpha value is -2.15. The van der Waals surface area contributed by atoms with Crippen LogP contribution >= 0.6 is 0 Å². The highest BCUT2D eigenvalue weighted by Crippen LogP contribution is 2.46. The molecular weight excluding hydrogens is 445 g/mol. The summed E-state index contributed by atoms with van der Waals surface area (Å²) in [4.78, 5) is 21.7. The number of ether oxygens (including phenoxy) is 2. The first-order valence-corrected chi connectivity index (χ1v) is 13.2. The van der Waals surface area contributed by atoms with Gasteiger partial charge in [-0.25, -0.2) is 14.2 Å². The van der Waals surface area contributed by atoms with Crippen molar-refractivity contribution < 1.29 is 18.7 Å². The quantitative estimate of drug-likeness (QED) is 0.363. The van der Waals surface area contributed by atoms with E-state index in [1.807, 2.05) is 12.4 Å². The molecule has 1 aromatic rings. The maximum Gasteiger partial charge on any atom is 0.510 e. The van der Waals surface area contributed by atoms with Crippen LogP contribution in [-0.4, -0.2) is 61.8 Å². The van der Waals surface area contributed by atoms with Crippen LogP contribution in [0.25, 0.3) is 0 Å². The highest BCUT2D eigenvalue weighted by molar-refractivity contribution is 5.64. The van der Waals surface area contributed by atoms with E-state index in [0.29, 0.717) is 24.2 Å². The summed E-state index contributed by atoms with van der Waals surface area (Å²) < 4.78 is 24.9. The Kier molecular flexibility index (Phi) is 9.56. The van der Waals surface area contributed by atoms with E-state index in [1.54, 1.807) is 12.1 Å². The van der Waals surface area contributed by atoms with Crippen molar-refractivity contribution in [3.8, 4) is 0 Å². The smallest absolute Gasteiger partial charge is 0.438 e. The summed E-state index contributed by atoms with van der Waals surface area (Å²) in [5.41, 5.74) is 0.117. The van der Waals surface area contributed by atoms with Crippen molar-refractivity contribution in [2.75, 3.05) is 27.7 Å². The molecule has 1 saturated carbocycles. The van der Waals surface area contributed by atoms with E-state index in [-0.39, 0.29) is 17.9 Å². The van der Waals surface area contributed by atoms with Crippen molar-refractivity contribution in [2.45, 2.75) is 83.5 Å². The molecule has 1 aliphatic carbocycles. The van der Waals surface area contributed by atoms with Crippen molar-refractivity contribution in [3.63, 3.8) is 0 Å². The molecule has 0 saturated heterocycles. The summed E-state index contributed by atoms with van der Waals surface area (Å²) in [5, 5.41) is 0. The molecule has 196 valence electrons.